The number of benzene rings is 1. The van der Waals surface area contributed by atoms with Crippen molar-refractivity contribution in [3.8, 4) is 0 Å². The van der Waals surface area contributed by atoms with Crippen molar-refractivity contribution in [2.75, 3.05) is 40.3 Å². The molecule has 2 atom stereocenters. The highest BCUT2D eigenvalue weighted by molar-refractivity contribution is 8.16. The lowest BCUT2D eigenvalue weighted by atomic mass is 10.2. The van der Waals surface area contributed by atoms with Gasteiger partial charge in [-0.3, -0.25) is 4.79 Å². The number of hydrogen-bond acceptors (Lipinski definition) is 5. The highest BCUT2D eigenvalue weighted by Crippen LogP contribution is 2.41. The molecule has 0 aliphatic carbocycles. The van der Waals surface area contributed by atoms with Gasteiger partial charge < -0.3 is 9.80 Å². The van der Waals surface area contributed by atoms with E-state index >= 15 is 0 Å². The van der Waals surface area contributed by atoms with Crippen molar-refractivity contribution in [3.63, 3.8) is 0 Å². The summed E-state index contributed by atoms with van der Waals surface area (Å²) in [5.41, 5.74) is 1.95. The molecule has 0 N–H and O–H groups in total. The molecule has 26 heavy (non-hydrogen) atoms. The molecule has 0 radical (unpaired) electrons. The Kier molecular flexibility index (Phi) is 5.84. The van der Waals surface area contributed by atoms with Gasteiger partial charge in [0, 0.05) is 29.7 Å². The van der Waals surface area contributed by atoms with Crippen LogP contribution in [-0.2, 0) is 14.6 Å². The Morgan fingerprint density at radius 1 is 1.27 bits per heavy atom. The van der Waals surface area contributed by atoms with Crippen LogP contribution in [0.15, 0.2) is 29.3 Å². The number of carbonyl (C=O) groups excluding carboxylic acids is 1. The average molecular weight is 416 g/mol. The van der Waals surface area contributed by atoms with Crippen LogP contribution in [0.5, 0.6) is 0 Å². The molecule has 0 saturated carbocycles. The fourth-order valence-electron chi connectivity index (χ4n) is 3.42. The van der Waals surface area contributed by atoms with E-state index in [4.69, 9.17) is 11.6 Å². The van der Waals surface area contributed by atoms with E-state index in [-0.39, 0.29) is 28.7 Å². The van der Waals surface area contributed by atoms with Crippen LogP contribution < -0.4 is 9.80 Å². The first kappa shape index (κ1) is 19.5. The molecule has 2 aliphatic heterocycles. The smallest absolute Gasteiger partial charge is 0.262 e. The van der Waals surface area contributed by atoms with E-state index < -0.39 is 15.7 Å². The fraction of sp³-hybridized carbons (Fsp3) is 0.529. The molecule has 0 bridgehead atoms. The Labute approximate surface area is 163 Å². The molecule has 2 heterocycles. The molecule has 0 aromatic heterocycles. The minimum absolute atomic E-state index is 0.0799. The molecule has 6 nitrogen and oxygen atoms in total. The van der Waals surface area contributed by atoms with Crippen LogP contribution in [0.3, 0.4) is 0 Å². The zero-order chi connectivity index (χ0) is 18.9. The van der Waals surface area contributed by atoms with Crippen molar-refractivity contribution in [2.24, 2.45) is 4.99 Å². The monoisotopic (exact) mass is 415 g/mol. The first-order valence-corrected chi connectivity index (χ1v) is 11.8. The molecule has 1 amide bonds. The van der Waals surface area contributed by atoms with Gasteiger partial charge >= 0.3 is 0 Å². The zero-order valence-corrected chi connectivity index (χ0v) is 17.1. The predicted octanol–water partition coefficient (Wildman–Crippen LogP) is 2.37. The molecule has 1 aromatic rings. The summed E-state index contributed by atoms with van der Waals surface area (Å²) in [6.45, 7) is 6.03. The Bertz CT molecular complexity index is 807. The lowest BCUT2D eigenvalue weighted by Crippen LogP contribution is -2.37. The molecular formula is C17H22ClN3O3S2. The number of rotatable bonds is 5. The number of aliphatic imine (C=N–C) groups is 1. The van der Waals surface area contributed by atoms with Crippen LogP contribution in [-0.4, -0.2) is 61.3 Å². The lowest BCUT2D eigenvalue weighted by Gasteiger charge is -2.26. The first-order valence-electron chi connectivity index (χ1n) is 8.57. The second-order valence-corrected chi connectivity index (χ2v) is 9.91. The molecule has 2 saturated heterocycles. The van der Waals surface area contributed by atoms with Crippen molar-refractivity contribution in [1.82, 2.24) is 0 Å². The molecule has 0 spiro atoms. The number of anilines is 2. The summed E-state index contributed by atoms with van der Waals surface area (Å²) in [6, 6.07) is 7.76. The Hall–Kier alpha value is -1.25. The summed E-state index contributed by atoms with van der Waals surface area (Å²) in [5.74, 6) is -0.408. The zero-order valence-electron chi connectivity index (χ0n) is 14.8. The summed E-state index contributed by atoms with van der Waals surface area (Å²) in [7, 11) is -3.07. The number of carbonyl (C=O) groups is 1. The van der Waals surface area contributed by atoms with E-state index in [1.54, 1.807) is 0 Å². The standard InChI is InChI=1S/C17H22ClN3O3S2/c1-3-20(4-2)12-5-7-13(8-6-12)21-14-10-26(23,24)11-15(14)25-17(21)19-16(22)9-18/h5-8,14-15H,3-4,9-11H2,1-2H3/t14-,15-/m0/s1. The van der Waals surface area contributed by atoms with Crippen molar-refractivity contribution >= 4 is 55.6 Å². The third kappa shape index (κ3) is 3.87. The highest BCUT2D eigenvalue weighted by Gasteiger charge is 2.49. The van der Waals surface area contributed by atoms with Crippen LogP contribution >= 0.6 is 23.4 Å². The third-order valence-corrected chi connectivity index (χ3v) is 8.10. The molecule has 2 aliphatic rings. The van der Waals surface area contributed by atoms with Gasteiger partial charge in [0.05, 0.1) is 17.5 Å². The van der Waals surface area contributed by atoms with Crippen LogP contribution in [0.2, 0.25) is 0 Å². The molecule has 3 rings (SSSR count). The second-order valence-electron chi connectivity index (χ2n) is 6.28. The van der Waals surface area contributed by atoms with E-state index in [1.807, 2.05) is 29.2 Å². The van der Waals surface area contributed by atoms with Crippen LogP contribution in [0.1, 0.15) is 13.8 Å². The largest absolute Gasteiger partial charge is 0.372 e. The lowest BCUT2D eigenvalue weighted by molar-refractivity contribution is -0.115. The van der Waals surface area contributed by atoms with Crippen LogP contribution in [0.4, 0.5) is 11.4 Å². The minimum atomic E-state index is -3.07. The van der Waals surface area contributed by atoms with Gasteiger partial charge in [-0.15, -0.1) is 11.6 Å². The van der Waals surface area contributed by atoms with E-state index in [9.17, 15) is 13.2 Å². The van der Waals surface area contributed by atoms with Crippen LogP contribution in [0, 0.1) is 0 Å². The maximum atomic E-state index is 12.1. The SMILES string of the molecule is CCN(CC)c1ccc(N2C(=NC(=O)CCl)S[C@H]3CS(=O)(=O)C[C@@H]32)cc1. The molecule has 2 fully saturated rings. The quantitative estimate of drug-likeness (QED) is 0.687. The summed E-state index contributed by atoms with van der Waals surface area (Å²) >= 11 is 6.95. The van der Waals surface area contributed by atoms with Gasteiger partial charge in [0.25, 0.3) is 5.91 Å². The highest BCUT2D eigenvalue weighted by atomic mass is 35.5. The molecule has 1 aromatic carbocycles. The molecule has 142 valence electrons. The van der Waals surface area contributed by atoms with E-state index in [0.717, 1.165) is 24.5 Å². The number of amidine groups is 1. The van der Waals surface area contributed by atoms with Gasteiger partial charge in [-0.2, -0.15) is 4.99 Å². The van der Waals surface area contributed by atoms with Gasteiger partial charge in [0.1, 0.15) is 5.88 Å². The summed E-state index contributed by atoms with van der Waals surface area (Å²) in [6.07, 6.45) is 0. The second kappa shape index (κ2) is 7.78. The number of nitrogens with zero attached hydrogens (tertiary/aromatic N) is 3. The van der Waals surface area contributed by atoms with Gasteiger partial charge in [0.15, 0.2) is 15.0 Å². The Morgan fingerprint density at radius 2 is 1.92 bits per heavy atom. The number of hydrogen-bond donors (Lipinski definition) is 0. The first-order chi connectivity index (χ1) is 12.4. The summed E-state index contributed by atoms with van der Waals surface area (Å²) in [5, 5.41) is 0.431. The predicted molar refractivity (Wildman–Crippen MR) is 109 cm³/mol. The maximum absolute atomic E-state index is 12.1. The number of halogens is 1. The fourth-order valence-corrected chi connectivity index (χ4v) is 7.41. The number of alkyl halides is 1. The van der Waals surface area contributed by atoms with E-state index in [1.165, 1.54) is 11.8 Å². The van der Waals surface area contributed by atoms with Gasteiger partial charge in [-0.25, -0.2) is 8.42 Å². The van der Waals surface area contributed by atoms with Crippen molar-refractivity contribution < 1.29 is 13.2 Å². The Balaban J connectivity index is 1.95. The average Bonchev–Trinajstić information content (AvgIpc) is 3.07. The molecule has 0 unspecified atom stereocenters. The van der Waals surface area contributed by atoms with E-state index in [0.29, 0.717) is 5.17 Å². The van der Waals surface area contributed by atoms with E-state index in [2.05, 4.69) is 23.7 Å². The normalized spacial score (nSPS) is 25.5. The number of thioether (sulfide) groups is 1. The number of sulfone groups is 1. The van der Waals surface area contributed by atoms with Gasteiger partial charge in [-0.05, 0) is 38.1 Å². The Morgan fingerprint density at radius 3 is 2.50 bits per heavy atom. The number of amides is 1. The van der Waals surface area contributed by atoms with Crippen LogP contribution in [0.25, 0.3) is 0 Å². The number of fused-ring (bicyclic) bond motifs is 1. The van der Waals surface area contributed by atoms with Crippen molar-refractivity contribution in [3.05, 3.63) is 24.3 Å². The molecular weight excluding hydrogens is 394 g/mol. The topological polar surface area (TPSA) is 70.0 Å². The molecule has 9 heteroatoms. The van der Waals surface area contributed by atoms with Crippen molar-refractivity contribution in [2.45, 2.75) is 25.1 Å². The van der Waals surface area contributed by atoms with Crippen molar-refractivity contribution in [1.29, 1.82) is 0 Å². The summed E-state index contributed by atoms with van der Waals surface area (Å²) < 4.78 is 24.1. The maximum Gasteiger partial charge on any atom is 0.262 e. The van der Waals surface area contributed by atoms with Gasteiger partial charge in [0.2, 0.25) is 0 Å². The van der Waals surface area contributed by atoms with Gasteiger partial charge in [-0.1, -0.05) is 11.8 Å². The summed E-state index contributed by atoms with van der Waals surface area (Å²) in [4.78, 5) is 19.9. The minimum Gasteiger partial charge on any atom is -0.372 e. The third-order valence-electron chi connectivity index (χ3n) is 4.66.